The fraction of sp³-hybridized carbons (Fsp3) is 0.615. The summed E-state index contributed by atoms with van der Waals surface area (Å²) >= 11 is 12.1. The van der Waals surface area contributed by atoms with E-state index in [0.29, 0.717) is 28.8 Å². The predicted molar refractivity (Wildman–Crippen MR) is 135 cm³/mol. The zero-order chi connectivity index (χ0) is 26.4. The molecule has 194 valence electrons. The fourth-order valence-electron chi connectivity index (χ4n) is 5.73. The number of nitrogens with one attached hydrogen (secondary N) is 2. The van der Waals surface area contributed by atoms with Crippen molar-refractivity contribution in [2.75, 3.05) is 13.2 Å². The summed E-state index contributed by atoms with van der Waals surface area (Å²) in [5, 5.41) is 16.3. The summed E-state index contributed by atoms with van der Waals surface area (Å²) in [5.74, 6) is -0.604. The van der Waals surface area contributed by atoms with E-state index in [1.165, 1.54) is 6.07 Å². The molecule has 2 heterocycles. The number of hydrogen-bond donors (Lipinski definition) is 2. The monoisotopic (exact) mass is 534 g/mol. The van der Waals surface area contributed by atoms with Crippen molar-refractivity contribution in [3.8, 4) is 11.8 Å². The summed E-state index contributed by atoms with van der Waals surface area (Å²) < 4.78 is 5.62. The molecule has 2 N–H and O–H groups in total. The molecule has 2 saturated heterocycles. The Morgan fingerprint density at radius 2 is 2.03 bits per heavy atom. The number of fused-ring (bicyclic) bond motifs is 1. The molecule has 8 nitrogen and oxygen atoms in total. The molecule has 3 amide bonds. The van der Waals surface area contributed by atoms with E-state index in [-0.39, 0.29) is 59.5 Å². The van der Waals surface area contributed by atoms with E-state index in [4.69, 9.17) is 27.9 Å². The lowest BCUT2D eigenvalue weighted by Crippen LogP contribution is -2.54. The number of nitriles is 1. The normalized spacial score (nSPS) is 28.4. The Balaban J connectivity index is 1.41. The zero-order valence-corrected chi connectivity index (χ0v) is 22.4. The van der Waals surface area contributed by atoms with Crippen LogP contribution in [-0.2, 0) is 14.4 Å². The lowest BCUT2D eigenvalue weighted by Gasteiger charge is -2.36. The molecule has 4 rings (SSSR count). The number of hydrogen-bond acceptors (Lipinski definition) is 5. The number of nitrogens with zero attached hydrogens (tertiary/aromatic N) is 2. The number of carbonyl (C=O) groups is 3. The minimum Gasteiger partial charge on any atom is -0.482 e. The molecule has 10 heteroatoms. The first kappa shape index (κ1) is 26.6. The molecule has 3 fully saturated rings. The average Bonchev–Trinajstić information content (AvgIpc) is 3.13. The van der Waals surface area contributed by atoms with Gasteiger partial charge >= 0.3 is 0 Å². The van der Waals surface area contributed by atoms with Crippen molar-refractivity contribution in [1.82, 2.24) is 15.5 Å². The van der Waals surface area contributed by atoms with Crippen molar-refractivity contribution in [2.24, 2.45) is 23.2 Å². The van der Waals surface area contributed by atoms with Gasteiger partial charge in [-0.1, -0.05) is 37.0 Å². The topological polar surface area (TPSA) is 112 Å². The van der Waals surface area contributed by atoms with Gasteiger partial charge in [-0.25, -0.2) is 0 Å². The zero-order valence-electron chi connectivity index (χ0n) is 20.9. The van der Waals surface area contributed by atoms with Crippen molar-refractivity contribution in [2.45, 2.75) is 64.6 Å². The third-order valence-corrected chi connectivity index (χ3v) is 8.52. The van der Waals surface area contributed by atoms with Gasteiger partial charge in [-0.2, -0.15) is 5.26 Å². The maximum atomic E-state index is 13.4. The third-order valence-electron chi connectivity index (χ3n) is 7.99. The lowest BCUT2D eigenvalue weighted by molar-refractivity contribution is -0.142. The van der Waals surface area contributed by atoms with Gasteiger partial charge < -0.3 is 20.3 Å². The number of piperidine rings is 2. The number of amides is 3. The highest BCUT2D eigenvalue weighted by molar-refractivity contribution is 6.35. The minimum atomic E-state index is -0.823. The first-order chi connectivity index (χ1) is 16.8. The Morgan fingerprint density at radius 1 is 1.31 bits per heavy atom. The molecule has 5 atom stereocenters. The predicted octanol–water partition coefficient (Wildman–Crippen LogP) is 3.56. The number of benzene rings is 1. The van der Waals surface area contributed by atoms with Crippen LogP contribution in [0.3, 0.4) is 0 Å². The molecule has 3 aliphatic rings. The van der Waals surface area contributed by atoms with E-state index in [2.05, 4.69) is 30.6 Å². The number of rotatable bonds is 7. The Hall–Kier alpha value is -2.50. The summed E-state index contributed by atoms with van der Waals surface area (Å²) in [6.45, 7) is 8.28. The Labute approximate surface area is 221 Å². The van der Waals surface area contributed by atoms with Crippen LogP contribution >= 0.6 is 23.2 Å². The minimum absolute atomic E-state index is 0.00121. The molecule has 36 heavy (non-hydrogen) atoms. The van der Waals surface area contributed by atoms with Crippen LogP contribution in [0.15, 0.2) is 18.2 Å². The van der Waals surface area contributed by atoms with Gasteiger partial charge in [0.25, 0.3) is 5.91 Å². The van der Waals surface area contributed by atoms with Gasteiger partial charge in [0.15, 0.2) is 6.61 Å². The van der Waals surface area contributed by atoms with Crippen LogP contribution in [-0.4, -0.2) is 53.4 Å². The molecule has 0 spiro atoms. The van der Waals surface area contributed by atoms with Crippen molar-refractivity contribution in [1.29, 1.82) is 5.26 Å². The Bertz CT molecular complexity index is 1120. The van der Waals surface area contributed by atoms with Gasteiger partial charge in [-0.05, 0) is 68.6 Å². The maximum absolute atomic E-state index is 13.4. The molecule has 1 unspecified atom stereocenters. The highest BCUT2D eigenvalue weighted by atomic mass is 35.5. The quantitative estimate of drug-likeness (QED) is 0.555. The van der Waals surface area contributed by atoms with Crippen LogP contribution in [0.5, 0.6) is 5.75 Å². The van der Waals surface area contributed by atoms with Crippen LogP contribution in [0.2, 0.25) is 10.0 Å². The van der Waals surface area contributed by atoms with E-state index in [1.807, 2.05) is 13.8 Å². The molecule has 1 aromatic rings. The maximum Gasteiger partial charge on any atom is 0.261 e. The van der Waals surface area contributed by atoms with Crippen LogP contribution in [0.1, 0.15) is 47.0 Å². The third kappa shape index (κ3) is 5.28. The van der Waals surface area contributed by atoms with Crippen LogP contribution in [0, 0.1) is 34.5 Å². The van der Waals surface area contributed by atoms with Crippen molar-refractivity contribution < 1.29 is 19.1 Å². The van der Waals surface area contributed by atoms with Gasteiger partial charge in [-0.3, -0.25) is 14.4 Å². The lowest BCUT2D eigenvalue weighted by atomic mass is 9.83. The average molecular weight is 535 g/mol. The van der Waals surface area contributed by atoms with Gasteiger partial charge in [0.2, 0.25) is 11.8 Å². The van der Waals surface area contributed by atoms with Gasteiger partial charge in [0, 0.05) is 23.0 Å². The molecular weight excluding hydrogens is 503 g/mol. The number of carbonyl (C=O) groups excluding carboxylic acids is 3. The Kier molecular flexibility index (Phi) is 7.20. The standard InChI is InChI=1S/C26H32Cl2N4O4/c1-25(2)8-7-14(23(34)31-25)9-16(11-29)30-24(35)22-21-17(26(21,3)4)12-32(22)20(33)13-36-19-6-5-15(27)10-18(19)28/h5-6,10,14,16-17,21-22H,7-9,12-13H2,1-4H3,(H,30,35)(H,31,34)/t14-,16-,17-,21-,22?/m0/s1. The van der Waals surface area contributed by atoms with Crippen LogP contribution < -0.4 is 15.4 Å². The fourth-order valence-corrected chi connectivity index (χ4v) is 6.20. The SMILES string of the molecule is CC1(C)CC[C@@H](C[C@@H](C#N)NC(=O)C2[C@@H]3[C@H](CN2C(=O)COc2ccc(Cl)cc2Cl)C3(C)C)C(=O)N1. The molecule has 0 bridgehead atoms. The number of ether oxygens (including phenoxy) is 1. The van der Waals surface area contributed by atoms with Gasteiger partial charge in [0.1, 0.15) is 17.8 Å². The Morgan fingerprint density at radius 3 is 2.67 bits per heavy atom. The van der Waals surface area contributed by atoms with E-state index < -0.39 is 12.1 Å². The van der Waals surface area contributed by atoms with Crippen molar-refractivity contribution in [3.05, 3.63) is 28.2 Å². The summed E-state index contributed by atoms with van der Waals surface area (Å²) in [4.78, 5) is 40.6. The largest absolute Gasteiger partial charge is 0.482 e. The van der Waals surface area contributed by atoms with E-state index in [0.717, 1.165) is 6.42 Å². The highest BCUT2D eigenvalue weighted by Gasteiger charge is 2.69. The summed E-state index contributed by atoms with van der Waals surface area (Å²) in [6, 6.07) is 5.35. The highest BCUT2D eigenvalue weighted by Crippen LogP contribution is 2.64. The molecular formula is C26H32Cl2N4O4. The summed E-state index contributed by atoms with van der Waals surface area (Å²) in [6.07, 6.45) is 1.69. The molecule has 0 radical (unpaired) electrons. The van der Waals surface area contributed by atoms with E-state index in [1.54, 1.807) is 17.0 Å². The number of likely N-dealkylation sites (tertiary alicyclic amines) is 1. The molecule has 1 aliphatic carbocycles. The summed E-state index contributed by atoms with van der Waals surface area (Å²) in [5.41, 5.74) is -0.343. The van der Waals surface area contributed by atoms with Crippen LogP contribution in [0.4, 0.5) is 0 Å². The summed E-state index contributed by atoms with van der Waals surface area (Å²) in [7, 11) is 0. The number of halogens is 2. The second-order valence-electron chi connectivity index (χ2n) is 11.3. The van der Waals surface area contributed by atoms with Crippen molar-refractivity contribution >= 4 is 40.9 Å². The first-order valence-corrected chi connectivity index (χ1v) is 13.0. The van der Waals surface area contributed by atoms with Crippen LogP contribution in [0.25, 0.3) is 0 Å². The smallest absolute Gasteiger partial charge is 0.261 e. The molecule has 1 aromatic carbocycles. The molecule has 2 aliphatic heterocycles. The van der Waals surface area contributed by atoms with Gasteiger partial charge in [-0.15, -0.1) is 0 Å². The molecule has 1 saturated carbocycles. The second kappa shape index (κ2) is 9.75. The molecule has 0 aromatic heterocycles. The van der Waals surface area contributed by atoms with E-state index in [9.17, 15) is 19.6 Å². The second-order valence-corrected chi connectivity index (χ2v) is 12.2. The van der Waals surface area contributed by atoms with Gasteiger partial charge in [0.05, 0.1) is 11.1 Å². The van der Waals surface area contributed by atoms with E-state index >= 15 is 0 Å². The van der Waals surface area contributed by atoms with Crippen molar-refractivity contribution in [3.63, 3.8) is 0 Å². The first-order valence-electron chi connectivity index (χ1n) is 12.2.